The molecule has 0 spiro atoms. The monoisotopic (exact) mass is 331 g/mol. The molecule has 2 amide bonds. The standard InChI is InChI=1S/C17H18FN3O3/c1-20-9-11(8-19-20)5-13-7-16(23)21(17(13)24)10-15(22)12-3-2-4-14(18)6-12/h2-4,6,8-9,13,15,22H,5,7,10H2,1H3/t13-,15-/m0/s1. The van der Waals surface area contributed by atoms with Crippen LogP contribution in [0.1, 0.15) is 23.7 Å². The van der Waals surface area contributed by atoms with Crippen LogP contribution in [-0.2, 0) is 23.1 Å². The van der Waals surface area contributed by atoms with Crippen molar-refractivity contribution in [3.05, 3.63) is 53.6 Å². The molecule has 3 rings (SSSR count). The summed E-state index contributed by atoms with van der Waals surface area (Å²) in [4.78, 5) is 25.6. The molecule has 2 heterocycles. The van der Waals surface area contributed by atoms with Crippen LogP contribution >= 0.6 is 0 Å². The van der Waals surface area contributed by atoms with Gasteiger partial charge in [0.1, 0.15) is 5.82 Å². The number of likely N-dealkylation sites (tertiary alicyclic amines) is 1. The third-order valence-corrected chi connectivity index (χ3v) is 4.17. The molecule has 1 aliphatic heterocycles. The van der Waals surface area contributed by atoms with Gasteiger partial charge in [-0.1, -0.05) is 12.1 Å². The number of halogens is 1. The number of nitrogens with zero attached hydrogens (tertiary/aromatic N) is 3. The number of aromatic nitrogens is 2. The van der Waals surface area contributed by atoms with E-state index in [0.29, 0.717) is 12.0 Å². The van der Waals surface area contributed by atoms with Crippen molar-refractivity contribution in [2.24, 2.45) is 13.0 Å². The molecule has 24 heavy (non-hydrogen) atoms. The number of hydrogen-bond donors (Lipinski definition) is 1. The average molecular weight is 331 g/mol. The van der Waals surface area contributed by atoms with Gasteiger partial charge in [-0.15, -0.1) is 0 Å². The minimum absolute atomic E-state index is 0.115. The Hall–Kier alpha value is -2.54. The Morgan fingerprint density at radius 1 is 1.42 bits per heavy atom. The van der Waals surface area contributed by atoms with Gasteiger partial charge in [-0.3, -0.25) is 19.2 Å². The number of aliphatic hydroxyl groups excluding tert-OH is 1. The molecule has 2 atom stereocenters. The summed E-state index contributed by atoms with van der Waals surface area (Å²) in [5.41, 5.74) is 1.22. The zero-order valence-corrected chi connectivity index (χ0v) is 13.2. The van der Waals surface area contributed by atoms with Crippen molar-refractivity contribution >= 4 is 11.8 Å². The summed E-state index contributed by atoms with van der Waals surface area (Å²) in [6, 6.07) is 5.51. The smallest absolute Gasteiger partial charge is 0.233 e. The first-order valence-corrected chi connectivity index (χ1v) is 7.69. The molecule has 6 nitrogen and oxygen atoms in total. The maximum Gasteiger partial charge on any atom is 0.233 e. The zero-order valence-electron chi connectivity index (χ0n) is 13.2. The third kappa shape index (κ3) is 3.35. The highest BCUT2D eigenvalue weighted by Crippen LogP contribution is 2.26. The molecule has 0 radical (unpaired) electrons. The van der Waals surface area contributed by atoms with Crippen LogP contribution in [0.3, 0.4) is 0 Å². The minimum atomic E-state index is -1.11. The van der Waals surface area contributed by atoms with Gasteiger partial charge in [0, 0.05) is 19.7 Å². The van der Waals surface area contributed by atoms with E-state index < -0.39 is 17.8 Å². The van der Waals surface area contributed by atoms with Crippen LogP contribution in [-0.4, -0.2) is 38.1 Å². The third-order valence-electron chi connectivity index (χ3n) is 4.17. The number of rotatable bonds is 5. The van der Waals surface area contributed by atoms with E-state index in [9.17, 15) is 19.1 Å². The Labute approximate surface area is 138 Å². The van der Waals surface area contributed by atoms with Crippen molar-refractivity contribution in [2.75, 3.05) is 6.54 Å². The number of benzene rings is 1. The Bertz CT molecular complexity index is 774. The van der Waals surface area contributed by atoms with Gasteiger partial charge in [0.2, 0.25) is 11.8 Å². The number of carbonyl (C=O) groups excluding carboxylic acids is 2. The van der Waals surface area contributed by atoms with E-state index in [-0.39, 0.29) is 24.8 Å². The summed E-state index contributed by atoms with van der Waals surface area (Å²) in [6.07, 6.45) is 2.92. The molecule has 126 valence electrons. The van der Waals surface area contributed by atoms with Crippen molar-refractivity contribution in [3.8, 4) is 0 Å². The van der Waals surface area contributed by atoms with Crippen molar-refractivity contribution in [1.82, 2.24) is 14.7 Å². The molecule has 1 fully saturated rings. The van der Waals surface area contributed by atoms with E-state index in [1.807, 2.05) is 6.20 Å². The first kappa shape index (κ1) is 16.3. The lowest BCUT2D eigenvalue weighted by Gasteiger charge is -2.19. The minimum Gasteiger partial charge on any atom is -0.387 e. The highest BCUT2D eigenvalue weighted by molar-refractivity contribution is 6.03. The van der Waals surface area contributed by atoms with Gasteiger partial charge in [0.05, 0.1) is 24.8 Å². The van der Waals surface area contributed by atoms with Gasteiger partial charge in [-0.05, 0) is 29.7 Å². The largest absolute Gasteiger partial charge is 0.387 e. The van der Waals surface area contributed by atoms with Gasteiger partial charge in [0.15, 0.2) is 0 Å². The average Bonchev–Trinajstić information content (AvgIpc) is 3.06. The SMILES string of the molecule is Cn1cc(C[C@H]2CC(=O)N(C[C@H](O)c3cccc(F)c3)C2=O)cn1. The van der Waals surface area contributed by atoms with Crippen LogP contribution in [0, 0.1) is 11.7 Å². The lowest BCUT2D eigenvalue weighted by Crippen LogP contribution is -2.34. The predicted octanol–water partition coefficient (Wildman–Crippen LogP) is 1.21. The Morgan fingerprint density at radius 3 is 2.88 bits per heavy atom. The highest BCUT2D eigenvalue weighted by Gasteiger charge is 2.39. The van der Waals surface area contributed by atoms with Crippen LogP contribution in [0.4, 0.5) is 4.39 Å². The summed E-state index contributed by atoms with van der Waals surface area (Å²) in [7, 11) is 1.78. The van der Waals surface area contributed by atoms with Crippen LogP contribution in [0.15, 0.2) is 36.7 Å². The Kier molecular flexibility index (Phi) is 4.44. The Morgan fingerprint density at radius 2 is 2.21 bits per heavy atom. The summed E-state index contributed by atoms with van der Waals surface area (Å²) in [5.74, 6) is -1.54. The summed E-state index contributed by atoms with van der Waals surface area (Å²) in [6.45, 7) is -0.162. The highest BCUT2D eigenvalue weighted by atomic mass is 19.1. The second-order valence-corrected chi connectivity index (χ2v) is 6.04. The lowest BCUT2D eigenvalue weighted by molar-refractivity contribution is -0.141. The zero-order chi connectivity index (χ0) is 17.3. The van der Waals surface area contributed by atoms with Gasteiger partial charge >= 0.3 is 0 Å². The van der Waals surface area contributed by atoms with Crippen LogP contribution < -0.4 is 0 Å². The van der Waals surface area contributed by atoms with E-state index in [2.05, 4.69) is 5.10 Å². The van der Waals surface area contributed by atoms with E-state index in [1.54, 1.807) is 24.0 Å². The number of hydrogen-bond acceptors (Lipinski definition) is 4. The van der Waals surface area contributed by atoms with Gasteiger partial charge < -0.3 is 5.11 Å². The molecule has 1 saturated heterocycles. The van der Waals surface area contributed by atoms with E-state index in [1.165, 1.54) is 18.2 Å². The van der Waals surface area contributed by atoms with Gasteiger partial charge in [-0.2, -0.15) is 5.10 Å². The van der Waals surface area contributed by atoms with Crippen molar-refractivity contribution in [3.63, 3.8) is 0 Å². The fourth-order valence-electron chi connectivity index (χ4n) is 2.96. The molecule has 1 aromatic carbocycles. The number of aryl methyl sites for hydroxylation is 1. The first-order valence-electron chi connectivity index (χ1n) is 7.69. The molecule has 7 heteroatoms. The summed E-state index contributed by atoms with van der Waals surface area (Å²) in [5, 5.41) is 14.2. The molecular formula is C17H18FN3O3. The van der Waals surface area contributed by atoms with Crippen LogP contribution in [0.25, 0.3) is 0 Å². The quantitative estimate of drug-likeness (QED) is 0.836. The normalized spacial score (nSPS) is 19.1. The van der Waals surface area contributed by atoms with E-state index in [0.717, 1.165) is 10.5 Å². The maximum atomic E-state index is 13.2. The van der Waals surface area contributed by atoms with Crippen molar-refractivity contribution < 1.29 is 19.1 Å². The second-order valence-electron chi connectivity index (χ2n) is 6.04. The first-order chi connectivity index (χ1) is 11.4. The number of carbonyl (C=O) groups is 2. The number of amides is 2. The molecule has 0 unspecified atom stereocenters. The maximum absolute atomic E-state index is 13.2. The molecule has 2 aromatic rings. The fourth-order valence-corrected chi connectivity index (χ4v) is 2.96. The number of aliphatic hydroxyl groups is 1. The predicted molar refractivity (Wildman–Crippen MR) is 83.1 cm³/mol. The van der Waals surface area contributed by atoms with E-state index >= 15 is 0 Å². The molecule has 0 aliphatic carbocycles. The summed E-state index contributed by atoms with van der Waals surface area (Å²) < 4.78 is 14.9. The molecule has 1 aromatic heterocycles. The van der Waals surface area contributed by atoms with E-state index in [4.69, 9.17) is 0 Å². The molecular weight excluding hydrogens is 313 g/mol. The molecule has 1 N–H and O–H groups in total. The Balaban J connectivity index is 1.67. The van der Waals surface area contributed by atoms with Gasteiger partial charge in [0.25, 0.3) is 0 Å². The number of imide groups is 1. The molecule has 0 bridgehead atoms. The topological polar surface area (TPSA) is 75.4 Å². The summed E-state index contributed by atoms with van der Waals surface area (Å²) >= 11 is 0. The second kappa shape index (κ2) is 6.52. The van der Waals surface area contributed by atoms with Crippen molar-refractivity contribution in [1.29, 1.82) is 0 Å². The molecule has 0 saturated carbocycles. The van der Waals surface area contributed by atoms with Crippen molar-refractivity contribution in [2.45, 2.75) is 18.9 Å². The molecule has 1 aliphatic rings. The lowest BCUT2D eigenvalue weighted by atomic mass is 10.0. The number of β-amino-alcohol motifs (C(OH)–C–C–N with tert-alkyl or cyclic N) is 1. The van der Waals surface area contributed by atoms with Crippen LogP contribution in [0.5, 0.6) is 0 Å². The van der Waals surface area contributed by atoms with Crippen LogP contribution in [0.2, 0.25) is 0 Å². The fraction of sp³-hybridized carbons (Fsp3) is 0.353. The van der Waals surface area contributed by atoms with Gasteiger partial charge in [-0.25, -0.2) is 4.39 Å².